The van der Waals surface area contributed by atoms with Crippen LogP contribution in [0, 0.1) is 5.92 Å². The zero-order chi connectivity index (χ0) is 16.2. The van der Waals surface area contributed by atoms with Crippen LogP contribution in [0.2, 0.25) is 0 Å². The molecule has 1 aliphatic rings. The van der Waals surface area contributed by atoms with E-state index in [0.29, 0.717) is 5.92 Å². The first kappa shape index (κ1) is 15.8. The van der Waals surface area contributed by atoms with Crippen molar-refractivity contribution >= 4 is 16.9 Å². The van der Waals surface area contributed by atoms with Gasteiger partial charge >= 0.3 is 5.69 Å². The number of hydrogen-bond donors (Lipinski definition) is 2. The van der Waals surface area contributed by atoms with E-state index in [1.807, 2.05) is 36.2 Å². The summed E-state index contributed by atoms with van der Waals surface area (Å²) in [5.41, 5.74) is 1.34. The van der Waals surface area contributed by atoms with Gasteiger partial charge in [-0.3, -0.25) is 9.36 Å². The molecule has 1 aromatic carbocycles. The minimum atomic E-state index is -0.219. The minimum absolute atomic E-state index is 0.0314. The first-order valence-corrected chi connectivity index (χ1v) is 8.29. The summed E-state index contributed by atoms with van der Waals surface area (Å²) in [5.74, 6) is 0.728. The highest BCUT2D eigenvalue weighted by Gasteiger charge is 2.23. The van der Waals surface area contributed by atoms with Gasteiger partial charge in [0.15, 0.2) is 0 Å². The Morgan fingerprint density at radius 2 is 2.04 bits per heavy atom. The molecular weight excluding hydrogens is 292 g/mol. The van der Waals surface area contributed by atoms with Gasteiger partial charge in [0.05, 0.1) is 11.0 Å². The standard InChI is InChI=1S/C17H24N4O2/c1-18-9-6-13-7-10-20(11-8-13)16(22)12-21-15-5-3-2-4-14(15)19-17(21)23/h2-5,13,18H,6-12H2,1H3,(H,19,23). The Kier molecular flexibility index (Phi) is 4.81. The molecule has 1 aromatic heterocycles. The lowest BCUT2D eigenvalue weighted by atomic mass is 9.93. The molecule has 3 rings (SSSR count). The van der Waals surface area contributed by atoms with E-state index < -0.39 is 0 Å². The van der Waals surface area contributed by atoms with E-state index in [2.05, 4.69) is 10.3 Å². The van der Waals surface area contributed by atoms with Crippen LogP contribution in [0.5, 0.6) is 0 Å². The molecule has 2 aromatic rings. The van der Waals surface area contributed by atoms with E-state index in [1.54, 1.807) is 0 Å². The number of carbonyl (C=O) groups is 1. The molecule has 1 saturated heterocycles. The zero-order valence-electron chi connectivity index (χ0n) is 13.5. The molecule has 1 fully saturated rings. The number of carbonyl (C=O) groups excluding carboxylic acids is 1. The summed E-state index contributed by atoms with van der Waals surface area (Å²) >= 11 is 0. The average Bonchev–Trinajstić information content (AvgIpc) is 2.89. The van der Waals surface area contributed by atoms with Crippen molar-refractivity contribution in [2.75, 3.05) is 26.7 Å². The van der Waals surface area contributed by atoms with Crippen molar-refractivity contribution in [1.29, 1.82) is 0 Å². The van der Waals surface area contributed by atoms with Crippen LogP contribution >= 0.6 is 0 Å². The molecule has 1 aliphatic heterocycles. The number of aromatic amines is 1. The summed E-state index contributed by atoms with van der Waals surface area (Å²) in [7, 11) is 1.97. The number of rotatable bonds is 5. The van der Waals surface area contributed by atoms with Crippen LogP contribution in [0.4, 0.5) is 0 Å². The van der Waals surface area contributed by atoms with Crippen LogP contribution in [-0.2, 0) is 11.3 Å². The molecular formula is C17H24N4O2. The van der Waals surface area contributed by atoms with E-state index in [9.17, 15) is 9.59 Å². The maximum atomic E-state index is 12.5. The number of aromatic nitrogens is 2. The molecule has 2 heterocycles. The molecule has 0 unspecified atom stereocenters. The fourth-order valence-corrected chi connectivity index (χ4v) is 3.32. The molecule has 6 nitrogen and oxygen atoms in total. The summed E-state index contributed by atoms with van der Waals surface area (Å²) in [5, 5.41) is 3.18. The van der Waals surface area contributed by atoms with Gasteiger partial charge < -0.3 is 15.2 Å². The molecule has 1 amide bonds. The average molecular weight is 316 g/mol. The van der Waals surface area contributed by atoms with Gasteiger partial charge in [0.1, 0.15) is 6.54 Å². The zero-order valence-corrected chi connectivity index (χ0v) is 13.5. The van der Waals surface area contributed by atoms with Crippen molar-refractivity contribution in [3.05, 3.63) is 34.7 Å². The smallest absolute Gasteiger partial charge is 0.326 e. The Morgan fingerprint density at radius 1 is 1.30 bits per heavy atom. The number of nitrogens with one attached hydrogen (secondary N) is 2. The number of likely N-dealkylation sites (tertiary alicyclic amines) is 1. The van der Waals surface area contributed by atoms with Crippen LogP contribution in [-0.4, -0.2) is 47.0 Å². The molecule has 0 atom stereocenters. The summed E-state index contributed by atoms with van der Waals surface area (Å²) in [6.07, 6.45) is 3.27. The largest absolute Gasteiger partial charge is 0.341 e. The highest BCUT2D eigenvalue weighted by atomic mass is 16.2. The van der Waals surface area contributed by atoms with Gasteiger partial charge in [0.25, 0.3) is 0 Å². The predicted molar refractivity (Wildman–Crippen MR) is 90.4 cm³/mol. The topological polar surface area (TPSA) is 70.1 Å². The van der Waals surface area contributed by atoms with E-state index in [-0.39, 0.29) is 18.1 Å². The van der Waals surface area contributed by atoms with Crippen molar-refractivity contribution in [1.82, 2.24) is 19.8 Å². The third kappa shape index (κ3) is 3.47. The van der Waals surface area contributed by atoms with Gasteiger partial charge in [0, 0.05) is 13.1 Å². The number of H-pyrrole nitrogens is 1. The molecule has 0 bridgehead atoms. The number of amides is 1. The number of imidazole rings is 1. The van der Waals surface area contributed by atoms with Gasteiger partial charge in [-0.05, 0) is 50.9 Å². The first-order chi connectivity index (χ1) is 11.2. The second-order valence-corrected chi connectivity index (χ2v) is 6.25. The Morgan fingerprint density at radius 3 is 2.78 bits per heavy atom. The van der Waals surface area contributed by atoms with Gasteiger partial charge in [-0.15, -0.1) is 0 Å². The fourth-order valence-electron chi connectivity index (χ4n) is 3.32. The van der Waals surface area contributed by atoms with Crippen LogP contribution in [0.25, 0.3) is 11.0 Å². The van der Waals surface area contributed by atoms with Gasteiger partial charge in [-0.25, -0.2) is 4.79 Å². The van der Waals surface area contributed by atoms with Crippen LogP contribution in [0.1, 0.15) is 19.3 Å². The molecule has 0 radical (unpaired) electrons. The second-order valence-electron chi connectivity index (χ2n) is 6.25. The number of benzene rings is 1. The Hall–Kier alpha value is -2.08. The lowest BCUT2D eigenvalue weighted by Crippen LogP contribution is -2.41. The lowest BCUT2D eigenvalue weighted by Gasteiger charge is -2.32. The molecule has 0 saturated carbocycles. The van der Waals surface area contributed by atoms with Gasteiger partial charge in [-0.1, -0.05) is 12.1 Å². The Labute approximate surface area is 135 Å². The Bertz CT molecular complexity index is 726. The number of nitrogens with zero attached hydrogens (tertiary/aromatic N) is 2. The van der Waals surface area contributed by atoms with E-state index in [4.69, 9.17) is 0 Å². The highest BCUT2D eigenvalue weighted by molar-refractivity contribution is 5.80. The number of fused-ring (bicyclic) bond motifs is 1. The minimum Gasteiger partial charge on any atom is -0.341 e. The van der Waals surface area contributed by atoms with Crippen molar-refractivity contribution < 1.29 is 4.79 Å². The Balaban J connectivity index is 1.63. The molecule has 0 spiro atoms. The van der Waals surface area contributed by atoms with Crippen molar-refractivity contribution in [3.8, 4) is 0 Å². The molecule has 6 heteroatoms. The van der Waals surface area contributed by atoms with Crippen LogP contribution in [0.15, 0.2) is 29.1 Å². The number of hydrogen-bond acceptors (Lipinski definition) is 3. The fraction of sp³-hybridized carbons (Fsp3) is 0.529. The van der Waals surface area contributed by atoms with Crippen molar-refractivity contribution in [3.63, 3.8) is 0 Å². The normalized spacial score (nSPS) is 16.1. The number of para-hydroxylation sites is 2. The maximum Gasteiger partial charge on any atom is 0.326 e. The summed E-state index contributed by atoms with van der Waals surface area (Å²) < 4.78 is 1.53. The van der Waals surface area contributed by atoms with Gasteiger partial charge in [-0.2, -0.15) is 0 Å². The maximum absolute atomic E-state index is 12.5. The third-order valence-corrected chi connectivity index (χ3v) is 4.74. The lowest BCUT2D eigenvalue weighted by molar-refractivity contribution is -0.133. The van der Waals surface area contributed by atoms with E-state index in [0.717, 1.165) is 43.5 Å². The first-order valence-electron chi connectivity index (χ1n) is 8.29. The van der Waals surface area contributed by atoms with Crippen LogP contribution < -0.4 is 11.0 Å². The van der Waals surface area contributed by atoms with Crippen molar-refractivity contribution in [2.24, 2.45) is 5.92 Å². The summed E-state index contributed by atoms with van der Waals surface area (Å²) in [6, 6.07) is 7.47. The van der Waals surface area contributed by atoms with E-state index in [1.165, 1.54) is 11.0 Å². The summed E-state index contributed by atoms with van der Waals surface area (Å²) in [6.45, 7) is 2.74. The number of piperidine rings is 1. The highest BCUT2D eigenvalue weighted by Crippen LogP contribution is 2.20. The van der Waals surface area contributed by atoms with Crippen molar-refractivity contribution in [2.45, 2.75) is 25.8 Å². The molecule has 0 aliphatic carbocycles. The molecule has 23 heavy (non-hydrogen) atoms. The molecule has 124 valence electrons. The quantitative estimate of drug-likeness (QED) is 0.870. The predicted octanol–water partition coefficient (Wildman–Crippen LogP) is 1.18. The van der Waals surface area contributed by atoms with Crippen LogP contribution in [0.3, 0.4) is 0 Å². The van der Waals surface area contributed by atoms with E-state index >= 15 is 0 Å². The van der Waals surface area contributed by atoms with Gasteiger partial charge in [0.2, 0.25) is 5.91 Å². The summed E-state index contributed by atoms with van der Waals surface area (Å²) in [4.78, 5) is 29.3. The SMILES string of the molecule is CNCCC1CCN(C(=O)Cn2c(=O)[nH]c3ccccc32)CC1. The monoisotopic (exact) mass is 316 g/mol. The third-order valence-electron chi connectivity index (χ3n) is 4.74. The molecule has 2 N–H and O–H groups in total. The second kappa shape index (κ2) is 7.00.